The summed E-state index contributed by atoms with van der Waals surface area (Å²) < 4.78 is 13.9. The van der Waals surface area contributed by atoms with Gasteiger partial charge in [0.1, 0.15) is 12.4 Å². The first-order chi connectivity index (χ1) is 12.0. The molecule has 1 N–H and O–H groups in total. The van der Waals surface area contributed by atoms with Crippen LogP contribution in [0.4, 0.5) is 20.6 Å². The van der Waals surface area contributed by atoms with Crippen LogP contribution in [-0.4, -0.2) is 36.5 Å². The number of carbonyl (C=O) groups excluding carboxylic acids is 2. The molecule has 3 rings (SSSR count). The van der Waals surface area contributed by atoms with Gasteiger partial charge in [-0.1, -0.05) is 35.3 Å². The van der Waals surface area contributed by atoms with Crippen LogP contribution in [0.25, 0.3) is 0 Å². The third-order valence-corrected chi connectivity index (χ3v) is 4.33. The van der Waals surface area contributed by atoms with Crippen LogP contribution in [0.5, 0.6) is 0 Å². The molecule has 2 aromatic rings. The van der Waals surface area contributed by atoms with Crippen molar-refractivity contribution < 1.29 is 14.0 Å². The van der Waals surface area contributed by atoms with Crippen LogP contribution < -0.4 is 10.2 Å². The molecular formula is C17H14Cl2FN3O2. The van der Waals surface area contributed by atoms with Crippen LogP contribution in [0.15, 0.2) is 42.5 Å². The molecule has 8 heteroatoms. The summed E-state index contributed by atoms with van der Waals surface area (Å²) in [5, 5.41) is 3.40. The number of benzene rings is 2. The van der Waals surface area contributed by atoms with Crippen LogP contribution in [0, 0.1) is 5.82 Å². The van der Waals surface area contributed by atoms with Gasteiger partial charge in [0.15, 0.2) is 0 Å². The van der Waals surface area contributed by atoms with Crippen molar-refractivity contribution >= 4 is 46.5 Å². The largest absolute Gasteiger partial charge is 0.325 e. The van der Waals surface area contributed by atoms with Gasteiger partial charge < -0.3 is 10.2 Å². The van der Waals surface area contributed by atoms with Crippen molar-refractivity contribution in [2.75, 3.05) is 29.9 Å². The van der Waals surface area contributed by atoms with E-state index in [2.05, 4.69) is 5.32 Å². The number of hydrogen-bond donors (Lipinski definition) is 1. The van der Waals surface area contributed by atoms with Crippen molar-refractivity contribution in [3.05, 3.63) is 58.3 Å². The lowest BCUT2D eigenvalue weighted by Gasteiger charge is -2.19. The zero-order chi connectivity index (χ0) is 18.0. The van der Waals surface area contributed by atoms with E-state index in [1.165, 1.54) is 28.0 Å². The van der Waals surface area contributed by atoms with Gasteiger partial charge in [-0.25, -0.2) is 9.18 Å². The van der Waals surface area contributed by atoms with E-state index < -0.39 is 17.8 Å². The summed E-state index contributed by atoms with van der Waals surface area (Å²) in [5.74, 6) is -0.872. The Morgan fingerprint density at radius 2 is 1.92 bits per heavy atom. The van der Waals surface area contributed by atoms with E-state index in [1.807, 2.05) is 0 Å². The van der Waals surface area contributed by atoms with Gasteiger partial charge in [0, 0.05) is 18.1 Å². The van der Waals surface area contributed by atoms with Gasteiger partial charge in [-0.2, -0.15) is 0 Å². The second-order valence-electron chi connectivity index (χ2n) is 5.48. The molecule has 2 aromatic carbocycles. The van der Waals surface area contributed by atoms with Gasteiger partial charge in [0.25, 0.3) is 0 Å². The van der Waals surface area contributed by atoms with Gasteiger partial charge in [0.2, 0.25) is 5.91 Å². The average molecular weight is 382 g/mol. The van der Waals surface area contributed by atoms with Crippen LogP contribution in [0.2, 0.25) is 10.0 Å². The minimum atomic E-state index is -0.477. The van der Waals surface area contributed by atoms with Gasteiger partial charge in [-0.3, -0.25) is 9.69 Å². The molecule has 1 fully saturated rings. The Morgan fingerprint density at radius 3 is 2.64 bits per heavy atom. The molecule has 0 unspecified atom stereocenters. The molecule has 0 radical (unpaired) electrons. The highest BCUT2D eigenvalue weighted by molar-refractivity contribution is 6.36. The zero-order valence-electron chi connectivity index (χ0n) is 13.0. The quantitative estimate of drug-likeness (QED) is 0.869. The predicted octanol–water partition coefficient (Wildman–Crippen LogP) is 4.01. The van der Waals surface area contributed by atoms with Crippen LogP contribution in [0.3, 0.4) is 0 Å². The number of anilines is 2. The van der Waals surface area contributed by atoms with Crippen molar-refractivity contribution in [1.29, 1.82) is 0 Å². The van der Waals surface area contributed by atoms with E-state index in [-0.39, 0.29) is 12.2 Å². The SMILES string of the molecule is O=C(CN1CCN(c2ccccc2F)C1=O)Nc1ccc(Cl)cc1Cl. The van der Waals surface area contributed by atoms with Gasteiger partial charge in [-0.05, 0) is 30.3 Å². The van der Waals surface area contributed by atoms with Crippen molar-refractivity contribution in [3.8, 4) is 0 Å². The molecular weight excluding hydrogens is 368 g/mol. The zero-order valence-corrected chi connectivity index (χ0v) is 14.5. The van der Waals surface area contributed by atoms with Crippen molar-refractivity contribution in [1.82, 2.24) is 4.90 Å². The first kappa shape index (κ1) is 17.5. The normalized spacial score (nSPS) is 14.1. The Morgan fingerprint density at radius 1 is 1.16 bits per heavy atom. The number of rotatable bonds is 4. The smallest absolute Gasteiger partial charge is 0.323 e. The third kappa shape index (κ3) is 3.86. The minimum Gasteiger partial charge on any atom is -0.323 e. The number of urea groups is 1. The Hall–Kier alpha value is -2.31. The molecule has 3 amide bonds. The maximum absolute atomic E-state index is 13.9. The Balaban J connectivity index is 1.65. The van der Waals surface area contributed by atoms with Crippen LogP contribution in [0.1, 0.15) is 0 Å². The summed E-state index contributed by atoms with van der Waals surface area (Å²) in [6.07, 6.45) is 0. The molecule has 1 aliphatic rings. The number of halogens is 3. The van der Waals surface area contributed by atoms with Crippen molar-refractivity contribution in [2.24, 2.45) is 0 Å². The van der Waals surface area contributed by atoms with E-state index in [0.717, 1.165) is 0 Å². The molecule has 25 heavy (non-hydrogen) atoms. The molecule has 0 saturated carbocycles. The summed E-state index contributed by atoms with van der Waals surface area (Å²) in [6.45, 7) is 0.492. The highest BCUT2D eigenvalue weighted by Crippen LogP contribution is 2.26. The van der Waals surface area contributed by atoms with Crippen molar-refractivity contribution in [3.63, 3.8) is 0 Å². The summed E-state index contributed by atoms with van der Waals surface area (Å²) >= 11 is 11.8. The second kappa shape index (κ2) is 7.29. The van der Waals surface area contributed by atoms with Crippen molar-refractivity contribution in [2.45, 2.75) is 0 Å². The number of hydrogen-bond acceptors (Lipinski definition) is 2. The van der Waals surface area contributed by atoms with E-state index in [0.29, 0.717) is 28.8 Å². The van der Waals surface area contributed by atoms with Gasteiger partial charge >= 0.3 is 6.03 Å². The number of nitrogens with zero attached hydrogens (tertiary/aromatic N) is 2. The topological polar surface area (TPSA) is 52.7 Å². The fraction of sp³-hybridized carbons (Fsp3) is 0.176. The molecule has 0 atom stereocenters. The average Bonchev–Trinajstić information content (AvgIpc) is 2.91. The molecule has 130 valence electrons. The number of nitrogens with one attached hydrogen (secondary N) is 1. The Labute approximate surface area is 153 Å². The van der Waals surface area contributed by atoms with Crippen LogP contribution in [-0.2, 0) is 4.79 Å². The molecule has 1 aliphatic heterocycles. The summed E-state index contributed by atoms with van der Waals surface area (Å²) in [7, 11) is 0. The highest BCUT2D eigenvalue weighted by Gasteiger charge is 2.32. The maximum atomic E-state index is 13.9. The number of amides is 3. The molecule has 5 nitrogen and oxygen atoms in total. The fourth-order valence-electron chi connectivity index (χ4n) is 2.58. The molecule has 1 heterocycles. The first-order valence-electron chi connectivity index (χ1n) is 7.51. The number of carbonyl (C=O) groups is 2. The molecule has 0 bridgehead atoms. The minimum absolute atomic E-state index is 0.150. The van der Waals surface area contributed by atoms with E-state index in [4.69, 9.17) is 23.2 Å². The van der Waals surface area contributed by atoms with E-state index >= 15 is 0 Å². The summed E-state index contributed by atoms with van der Waals surface area (Å²) in [6, 6.07) is 10.3. The monoisotopic (exact) mass is 381 g/mol. The van der Waals surface area contributed by atoms with Gasteiger partial charge in [0.05, 0.1) is 16.4 Å². The third-order valence-electron chi connectivity index (χ3n) is 3.78. The molecule has 0 aromatic heterocycles. The predicted molar refractivity (Wildman–Crippen MR) is 95.8 cm³/mol. The lowest BCUT2D eigenvalue weighted by Crippen LogP contribution is -2.37. The Kier molecular flexibility index (Phi) is 5.11. The van der Waals surface area contributed by atoms with Gasteiger partial charge in [-0.15, -0.1) is 0 Å². The lowest BCUT2D eigenvalue weighted by atomic mass is 10.3. The first-order valence-corrected chi connectivity index (χ1v) is 8.27. The highest BCUT2D eigenvalue weighted by atomic mass is 35.5. The van der Waals surface area contributed by atoms with Crippen LogP contribution >= 0.6 is 23.2 Å². The molecule has 0 spiro atoms. The Bertz CT molecular complexity index is 831. The maximum Gasteiger partial charge on any atom is 0.325 e. The van der Waals surface area contributed by atoms with E-state index in [1.54, 1.807) is 24.3 Å². The van der Waals surface area contributed by atoms with E-state index in [9.17, 15) is 14.0 Å². The number of para-hydroxylation sites is 1. The fourth-order valence-corrected chi connectivity index (χ4v) is 3.03. The molecule has 0 aliphatic carbocycles. The standard InChI is InChI=1S/C17H14Cl2FN3O2/c18-11-5-6-14(12(19)9-11)21-16(24)10-22-7-8-23(17(22)25)15-4-2-1-3-13(15)20/h1-6,9H,7-8,10H2,(H,21,24). The lowest BCUT2D eigenvalue weighted by molar-refractivity contribution is -0.116. The second-order valence-corrected chi connectivity index (χ2v) is 6.32. The molecule has 1 saturated heterocycles. The summed E-state index contributed by atoms with van der Waals surface area (Å²) in [5.41, 5.74) is 0.616. The summed E-state index contributed by atoms with van der Waals surface area (Å²) in [4.78, 5) is 27.3.